The highest BCUT2D eigenvalue weighted by Crippen LogP contribution is 2.48. The maximum absolute atomic E-state index is 6.04. The SMILES string of the molecule is CCS[C@H](c1ccc(Cl)cc1)[C@H](SCC)c1ccc(Cl)cc1. The lowest BCUT2D eigenvalue weighted by Crippen LogP contribution is -2.06. The highest BCUT2D eigenvalue weighted by atomic mass is 35.5. The third-order valence-electron chi connectivity index (χ3n) is 3.36. The summed E-state index contributed by atoms with van der Waals surface area (Å²) in [4.78, 5) is 0. The Balaban J connectivity index is 2.36. The molecule has 0 radical (unpaired) electrons. The Labute approximate surface area is 152 Å². The van der Waals surface area contributed by atoms with Crippen LogP contribution in [0.3, 0.4) is 0 Å². The van der Waals surface area contributed by atoms with Crippen LogP contribution >= 0.6 is 46.7 Å². The first-order valence-electron chi connectivity index (χ1n) is 7.39. The van der Waals surface area contributed by atoms with Crippen molar-refractivity contribution in [3.05, 3.63) is 69.7 Å². The highest BCUT2D eigenvalue weighted by molar-refractivity contribution is 8.03. The molecule has 22 heavy (non-hydrogen) atoms. The van der Waals surface area contributed by atoms with Crippen molar-refractivity contribution in [2.24, 2.45) is 0 Å². The van der Waals surface area contributed by atoms with Gasteiger partial charge in [-0.05, 0) is 46.9 Å². The fourth-order valence-electron chi connectivity index (χ4n) is 2.38. The van der Waals surface area contributed by atoms with Gasteiger partial charge in [0.25, 0.3) is 0 Å². The van der Waals surface area contributed by atoms with Crippen LogP contribution in [-0.2, 0) is 0 Å². The molecule has 0 aromatic heterocycles. The monoisotopic (exact) mass is 370 g/mol. The van der Waals surface area contributed by atoms with Crippen LogP contribution in [0.4, 0.5) is 0 Å². The summed E-state index contributed by atoms with van der Waals surface area (Å²) in [6.45, 7) is 4.42. The zero-order chi connectivity index (χ0) is 15.9. The van der Waals surface area contributed by atoms with Crippen molar-refractivity contribution in [3.8, 4) is 0 Å². The molecule has 0 N–H and O–H groups in total. The van der Waals surface area contributed by atoms with E-state index in [1.165, 1.54) is 11.1 Å². The molecule has 2 aromatic carbocycles. The summed E-state index contributed by atoms with van der Waals surface area (Å²) in [5.41, 5.74) is 2.66. The van der Waals surface area contributed by atoms with E-state index in [4.69, 9.17) is 23.2 Å². The van der Waals surface area contributed by atoms with E-state index < -0.39 is 0 Å². The Morgan fingerprint density at radius 2 is 1.00 bits per heavy atom. The number of benzene rings is 2. The molecule has 2 aromatic rings. The molecular formula is C18H20Cl2S2. The quantitative estimate of drug-likeness (QED) is 0.501. The van der Waals surface area contributed by atoms with Crippen molar-refractivity contribution < 1.29 is 0 Å². The third kappa shape index (κ3) is 4.86. The maximum Gasteiger partial charge on any atom is 0.0456 e. The van der Waals surface area contributed by atoms with Gasteiger partial charge in [0, 0.05) is 20.5 Å². The molecule has 0 nitrogen and oxygen atoms in total. The number of rotatable bonds is 7. The highest BCUT2D eigenvalue weighted by Gasteiger charge is 2.25. The molecule has 0 bridgehead atoms. The number of thioether (sulfide) groups is 2. The van der Waals surface area contributed by atoms with Gasteiger partial charge in [0.15, 0.2) is 0 Å². The molecule has 0 heterocycles. The van der Waals surface area contributed by atoms with Crippen LogP contribution in [0.25, 0.3) is 0 Å². The molecule has 0 saturated carbocycles. The van der Waals surface area contributed by atoms with Gasteiger partial charge in [-0.2, -0.15) is 23.5 Å². The minimum Gasteiger partial charge on any atom is -0.153 e. The Morgan fingerprint density at radius 1 is 0.682 bits per heavy atom. The molecule has 0 aliphatic heterocycles. The van der Waals surface area contributed by atoms with Gasteiger partial charge in [-0.25, -0.2) is 0 Å². The average Bonchev–Trinajstić information content (AvgIpc) is 2.53. The van der Waals surface area contributed by atoms with E-state index >= 15 is 0 Å². The summed E-state index contributed by atoms with van der Waals surface area (Å²) in [5, 5.41) is 2.40. The predicted molar refractivity (Wildman–Crippen MR) is 105 cm³/mol. The van der Waals surface area contributed by atoms with Crippen molar-refractivity contribution in [1.82, 2.24) is 0 Å². The van der Waals surface area contributed by atoms with Crippen LogP contribution in [0.1, 0.15) is 35.5 Å². The lowest BCUT2D eigenvalue weighted by Gasteiger charge is -2.27. The molecule has 0 amide bonds. The van der Waals surface area contributed by atoms with Crippen LogP contribution in [0.2, 0.25) is 10.0 Å². The fourth-order valence-corrected chi connectivity index (χ4v) is 5.19. The maximum atomic E-state index is 6.04. The summed E-state index contributed by atoms with van der Waals surface area (Å²) >= 11 is 16.1. The topological polar surface area (TPSA) is 0 Å². The first-order valence-corrected chi connectivity index (χ1v) is 10.2. The molecule has 0 aliphatic rings. The minimum absolute atomic E-state index is 0.411. The Bertz CT molecular complexity index is 513. The molecule has 0 aliphatic carbocycles. The normalized spacial score (nSPS) is 13.8. The lowest BCUT2D eigenvalue weighted by molar-refractivity contribution is 0.905. The fraction of sp³-hybridized carbons (Fsp3) is 0.333. The summed E-state index contributed by atoms with van der Waals surface area (Å²) in [6, 6.07) is 16.5. The molecule has 118 valence electrons. The summed E-state index contributed by atoms with van der Waals surface area (Å²) < 4.78 is 0. The standard InChI is InChI=1S/C18H20Cl2S2/c1-3-21-17(13-5-9-15(19)10-6-13)18(22-4-2)14-7-11-16(20)12-8-14/h5-12,17-18H,3-4H2,1-2H3/t17-,18-/m1/s1. The first-order chi connectivity index (χ1) is 10.7. The van der Waals surface area contributed by atoms with Gasteiger partial charge in [-0.1, -0.05) is 61.3 Å². The van der Waals surface area contributed by atoms with Crippen molar-refractivity contribution in [2.45, 2.75) is 24.3 Å². The Morgan fingerprint density at radius 3 is 1.27 bits per heavy atom. The van der Waals surface area contributed by atoms with Crippen molar-refractivity contribution in [2.75, 3.05) is 11.5 Å². The molecular weight excluding hydrogens is 351 g/mol. The second kappa shape index (κ2) is 9.12. The molecule has 4 heteroatoms. The van der Waals surface area contributed by atoms with Gasteiger partial charge in [-0.15, -0.1) is 0 Å². The van der Waals surface area contributed by atoms with Gasteiger partial charge in [0.2, 0.25) is 0 Å². The largest absolute Gasteiger partial charge is 0.153 e. The zero-order valence-electron chi connectivity index (χ0n) is 12.8. The molecule has 0 fully saturated rings. The molecule has 2 atom stereocenters. The number of hydrogen-bond donors (Lipinski definition) is 0. The zero-order valence-corrected chi connectivity index (χ0v) is 15.9. The van der Waals surface area contributed by atoms with Crippen molar-refractivity contribution >= 4 is 46.7 Å². The minimum atomic E-state index is 0.411. The van der Waals surface area contributed by atoms with Crippen LogP contribution in [-0.4, -0.2) is 11.5 Å². The van der Waals surface area contributed by atoms with Gasteiger partial charge in [0.05, 0.1) is 0 Å². The van der Waals surface area contributed by atoms with Crippen LogP contribution in [0.5, 0.6) is 0 Å². The molecule has 2 rings (SSSR count). The van der Waals surface area contributed by atoms with Gasteiger partial charge in [0.1, 0.15) is 0 Å². The van der Waals surface area contributed by atoms with Crippen LogP contribution in [0, 0.1) is 0 Å². The van der Waals surface area contributed by atoms with E-state index in [2.05, 4.69) is 38.1 Å². The predicted octanol–water partition coefficient (Wildman–Crippen LogP) is 7.28. The van der Waals surface area contributed by atoms with Crippen molar-refractivity contribution in [1.29, 1.82) is 0 Å². The summed E-state index contributed by atoms with van der Waals surface area (Å²) in [7, 11) is 0. The van der Waals surface area contributed by atoms with E-state index in [1.54, 1.807) is 0 Å². The van der Waals surface area contributed by atoms with E-state index in [-0.39, 0.29) is 0 Å². The first kappa shape index (κ1) is 18.1. The number of hydrogen-bond acceptors (Lipinski definition) is 2. The van der Waals surface area contributed by atoms with E-state index in [1.807, 2.05) is 47.8 Å². The number of halogens is 2. The van der Waals surface area contributed by atoms with Gasteiger partial charge >= 0.3 is 0 Å². The summed E-state index contributed by atoms with van der Waals surface area (Å²) in [5.74, 6) is 2.17. The van der Waals surface area contributed by atoms with Crippen LogP contribution in [0.15, 0.2) is 48.5 Å². The van der Waals surface area contributed by atoms with Crippen LogP contribution < -0.4 is 0 Å². The molecule has 0 saturated heterocycles. The van der Waals surface area contributed by atoms with Gasteiger partial charge < -0.3 is 0 Å². The smallest absolute Gasteiger partial charge is 0.0456 e. The lowest BCUT2D eigenvalue weighted by atomic mass is 10.0. The Kier molecular flexibility index (Phi) is 7.49. The second-order valence-electron chi connectivity index (χ2n) is 4.85. The van der Waals surface area contributed by atoms with E-state index in [0.717, 1.165) is 21.6 Å². The average molecular weight is 371 g/mol. The van der Waals surface area contributed by atoms with Crippen molar-refractivity contribution in [3.63, 3.8) is 0 Å². The molecule has 0 unspecified atom stereocenters. The van der Waals surface area contributed by atoms with E-state index in [0.29, 0.717) is 10.5 Å². The van der Waals surface area contributed by atoms with Gasteiger partial charge in [-0.3, -0.25) is 0 Å². The Hall–Kier alpha value is -0.280. The third-order valence-corrected chi connectivity index (χ3v) is 6.51. The summed E-state index contributed by atoms with van der Waals surface area (Å²) in [6.07, 6.45) is 0. The van der Waals surface area contributed by atoms with E-state index in [9.17, 15) is 0 Å². The molecule has 0 spiro atoms. The second-order valence-corrected chi connectivity index (χ2v) is 8.56.